The van der Waals surface area contributed by atoms with Crippen molar-refractivity contribution in [1.29, 1.82) is 0 Å². The molecule has 1 amide bonds. The fourth-order valence-corrected chi connectivity index (χ4v) is 6.25. The van der Waals surface area contributed by atoms with Crippen LogP contribution in [0.25, 0.3) is 6.08 Å². The van der Waals surface area contributed by atoms with Crippen LogP contribution in [-0.2, 0) is 25.9 Å². The Morgan fingerprint density at radius 3 is 2.67 bits per heavy atom. The predicted molar refractivity (Wildman–Crippen MR) is 147 cm³/mol. The van der Waals surface area contributed by atoms with E-state index in [1.165, 1.54) is 31.2 Å². The molecular formula is C31H35F3N2O4. The number of ether oxygens (including phenoxy) is 2. The molecule has 1 heterocycles. The van der Waals surface area contributed by atoms with Gasteiger partial charge < -0.3 is 14.8 Å². The van der Waals surface area contributed by atoms with Gasteiger partial charge in [0.1, 0.15) is 5.75 Å². The van der Waals surface area contributed by atoms with E-state index in [-0.39, 0.29) is 34.9 Å². The lowest BCUT2D eigenvalue weighted by molar-refractivity contribution is -0.137. The van der Waals surface area contributed by atoms with Gasteiger partial charge in [-0.2, -0.15) is 13.2 Å². The molecule has 4 rings (SSSR count). The zero-order valence-electron chi connectivity index (χ0n) is 22.7. The van der Waals surface area contributed by atoms with Gasteiger partial charge in [-0.25, -0.2) is 0 Å². The standard InChI is InChI=1S/C31H35F3N2O4/c1-4-14-36-15-13-30(23-8-6-10-26(17-23)40-21(2)37)19-25(18-28(39-3)27(30)20-36)35-29(38)12-11-22-7-5-9-24(16-22)31(32,33)34/h4-12,16-17,25,27-28H,1,13-15,18-20H2,2-3H3,(H,35,38)/b12-11+. The maximum absolute atomic E-state index is 13.1. The monoisotopic (exact) mass is 556 g/mol. The number of methoxy groups -OCH3 is 1. The highest BCUT2D eigenvalue weighted by Gasteiger charge is 2.52. The molecule has 4 unspecified atom stereocenters. The topological polar surface area (TPSA) is 67.9 Å². The average molecular weight is 557 g/mol. The summed E-state index contributed by atoms with van der Waals surface area (Å²) in [4.78, 5) is 26.9. The number of esters is 1. The van der Waals surface area contributed by atoms with Crippen LogP contribution in [0.2, 0.25) is 0 Å². The Bertz CT molecular complexity index is 1260. The predicted octanol–water partition coefficient (Wildman–Crippen LogP) is 5.38. The minimum Gasteiger partial charge on any atom is -0.427 e. The SMILES string of the molecule is C=CCN1CCC2(c3cccc(OC(C)=O)c3)CC(NC(=O)/C=C/c3cccc(C(F)(F)F)c3)CC(OC)C2C1. The van der Waals surface area contributed by atoms with Crippen molar-refractivity contribution in [3.05, 3.63) is 84.0 Å². The molecule has 1 saturated heterocycles. The van der Waals surface area contributed by atoms with Crippen molar-refractivity contribution >= 4 is 18.0 Å². The van der Waals surface area contributed by atoms with Gasteiger partial charge in [-0.15, -0.1) is 6.58 Å². The van der Waals surface area contributed by atoms with Gasteiger partial charge in [0.2, 0.25) is 5.91 Å². The van der Waals surface area contributed by atoms with E-state index in [0.29, 0.717) is 18.6 Å². The lowest BCUT2D eigenvalue weighted by Crippen LogP contribution is -2.61. The summed E-state index contributed by atoms with van der Waals surface area (Å²) in [5.41, 5.74) is 0.193. The van der Waals surface area contributed by atoms with Gasteiger partial charge in [-0.1, -0.05) is 30.3 Å². The third kappa shape index (κ3) is 6.82. The maximum atomic E-state index is 13.1. The Morgan fingerprint density at radius 2 is 1.98 bits per heavy atom. The summed E-state index contributed by atoms with van der Waals surface area (Å²) in [7, 11) is 1.68. The van der Waals surface area contributed by atoms with Gasteiger partial charge in [0.15, 0.2) is 0 Å². The van der Waals surface area contributed by atoms with Crippen molar-refractivity contribution in [3.63, 3.8) is 0 Å². The molecule has 2 aromatic carbocycles. The summed E-state index contributed by atoms with van der Waals surface area (Å²) in [6.07, 6.45) is 1.98. The van der Waals surface area contributed by atoms with E-state index in [9.17, 15) is 22.8 Å². The van der Waals surface area contributed by atoms with E-state index in [0.717, 1.165) is 43.8 Å². The van der Waals surface area contributed by atoms with E-state index in [4.69, 9.17) is 9.47 Å². The number of nitrogens with zero attached hydrogens (tertiary/aromatic N) is 1. The maximum Gasteiger partial charge on any atom is 0.416 e. The highest BCUT2D eigenvalue weighted by molar-refractivity contribution is 5.92. The number of halogens is 3. The second-order valence-corrected chi connectivity index (χ2v) is 10.6. The number of hydrogen-bond donors (Lipinski definition) is 1. The molecule has 2 aromatic rings. The van der Waals surface area contributed by atoms with E-state index in [1.54, 1.807) is 13.2 Å². The number of alkyl halides is 3. The fourth-order valence-electron chi connectivity index (χ4n) is 6.25. The van der Waals surface area contributed by atoms with E-state index < -0.39 is 17.7 Å². The summed E-state index contributed by atoms with van der Waals surface area (Å²) in [5, 5.41) is 3.07. The number of likely N-dealkylation sites (tertiary alicyclic amines) is 1. The van der Waals surface area contributed by atoms with Gasteiger partial charge in [-0.05, 0) is 67.3 Å². The highest BCUT2D eigenvalue weighted by Crippen LogP contribution is 2.50. The van der Waals surface area contributed by atoms with Gasteiger partial charge in [-0.3, -0.25) is 14.5 Å². The third-order valence-electron chi connectivity index (χ3n) is 7.96. The van der Waals surface area contributed by atoms with Crippen LogP contribution in [0.4, 0.5) is 13.2 Å². The van der Waals surface area contributed by atoms with Crippen LogP contribution in [0, 0.1) is 5.92 Å². The van der Waals surface area contributed by atoms with Gasteiger partial charge in [0.05, 0.1) is 11.7 Å². The first kappa shape index (κ1) is 29.6. The zero-order chi connectivity index (χ0) is 28.9. The molecule has 6 nitrogen and oxygen atoms in total. The molecule has 2 fully saturated rings. The molecule has 0 spiro atoms. The summed E-state index contributed by atoms with van der Waals surface area (Å²) in [6.45, 7) is 7.62. The number of fused-ring (bicyclic) bond motifs is 1. The minimum atomic E-state index is -4.46. The lowest BCUT2D eigenvalue weighted by atomic mass is 9.57. The average Bonchev–Trinajstić information content (AvgIpc) is 2.91. The van der Waals surface area contributed by atoms with Crippen LogP contribution in [-0.4, -0.2) is 55.7 Å². The summed E-state index contributed by atoms with van der Waals surface area (Å²) in [6, 6.07) is 12.2. The smallest absolute Gasteiger partial charge is 0.416 e. The van der Waals surface area contributed by atoms with Crippen molar-refractivity contribution in [3.8, 4) is 5.75 Å². The highest BCUT2D eigenvalue weighted by atomic mass is 19.4. The number of nitrogens with one attached hydrogen (secondary N) is 1. The quantitative estimate of drug-likeness (QED) is 0.205. The summed E-state index contributed by atoms with van der Waals surface area (Å²) < 4.78 is 50.6. The molecule has 2 aliphatic rings. The van der Waals surface area contributed by atoms with Crippen molar-refractivity contribution in [2.75, 3.05) is 26.7 Å². The second kappa shape index (κ2) is 12.4. The first-order valence-corrected chi connectivity index (χ1v) is 13.3. The molecule has 0 aromatic heterocycles. The molecule has 9 heteroatoms. The Kier molecular flexibility index (Phi) is 9.15. The number of benzene rings is 2. The lowest BCUT2D eigenvalue weighted by Gasteiger charge is -2.55. The van der Waals surface area contributed by atoms with Gasteiger partial charge in [0.25, 0.3) is 0 Å². The van der Waals surface area contributed by atoms with Crippen LogP contribution in [0.1, 0.15) is 42.9 Å². The number of piperidine rings is 1. The third-order valence-corrected chi connectivity index (χ3v) is 7.96. The first-order chi connectivity index (χ1) is 19.0. The Morgan fingerprint density at radius 1 is 1.20 bits per heavy atom. The molecule has 40 heavy (non-hydrogen) atoms. The van der Waals surface area contributed by atoms with E-state index in [2.05, 4.69) is 16.8 Å². The van der Waals surface area contributed by atoms with Crippen molar-refractivity contribution in [2.45, 2.75) is 49.9 Å². The molecule has 1 aliphatic heterocycles. The van der Waals surface area contributed by atoms with Gasteiger partial charge >= 0.3 is 12.1 Å². The van der Waals surface area contributed by atoms with Crippen LogP contribution >= 0.6 is 0 Å². The molecule has 214 valence electrons. The van der Waals surface area contributed by atoms with Crippen molar-refractivity contribution in [2.24, 2.45) is 5.92 Å². The number of carbonyl (C=O) groups excluding carboxylic acids is 2. The Hall–Kier alpha value is -3.43. The summed E-state index contributed by atoms with van der Waals surface area (Å²) >= 11 is 0. The Labute approximate surface area is 232 Å². The molecule has 1 saturated carbocycles. The van der Waals surface area contributed by atoms with Crippen molar-refractivity contribution in [1.82, 2.24) is 10.2 Å². The van der Waals surface area contributed by atoms with Crippen LogP contribution < -0.4 is 10.1 Å². The second-order valence-electron chi connectivity index (χ2n) is 10.6. The zero-order valence-corrected chi connectivity index (χ0v) is 22.7. The largest absolute Gasteiger partial charge is 0.427 e. The normalized spacial score (nSPS) is 25.3. The molecule has 0 bridgehead atoms. The molecule has 4 atom stereocenters. The van der Waals surface area contributed by atoms with E-state index >= 15 is 0 Å². The number of rotatable bonds is 8. The first-order valence-electron chi connectivity index (χ1n) is 13.3. The molecule has 0 radical (unpaired) electrons. The number of carbonyl (C=O) groups is 2. The van der Waals surface area contributed by atoms with Crippen LogP contribution in [0.3, 0.4) is 0 Å². The van der Waals surface area contributed by atoms with Crippen molar-refractivity contribution < 1.29 is 32.2 Å². The van der Waals surface area contributed by atoms with Crippen LogP contribution in [0.5, 0.6) is 5.75 Å². The molecular weight excluding hydrogens is 521 g/mol. The fraction of sp³-hybridized carbons (Fsp3) is 0.419. The summed E-state index contributed by atoms with van der Waals surface area (Å²) in [5.74, 6) is -0.199. The van der Waals surface area contributed by atoms with Gasteiger partial charge in [0, 0.05) is 50.6 Å². The minimum absolute atomic E-state index is 0.118. The molecule has 1 aliphatic carbocycles. The number of amides is 1. The van der Waals surface area contributed by atoms with E-state index in [1.807, 2.05) is 24.3 Å². The molecule has 1 N–H and O–H groups in total. The number of hydrogen-bond acceptors (Lipinski definition) is 5. The van der Waals surface area contributed by atoms with Crippen LogP contribution in [0.15, 0.2) is 67.3 Å². The Balaban J connectivity index is 1.59.